The zero-order valence-electron chi connectivity index (χ0n) is 10.9. The van der Waals surface area contributed by atoms with Gasteiger partial charge in [0.1, 0.15) is 6.10 Å². The molecule has 1 aromatic carbocycles. The van der Waals surface area contributed by atoms with Crippen molar-refractivity contribution >= 4 is 17.7 Å². The van der Waals surface area contributed by atoms with Crippen molar-refractivity contribution in [2.24, 2.45) is 0 Å². The number of para-hydroxylation sites is 1. The molecule has 1 saturated heterocycles. The van der Waals surface area contributed by atoms with E-state index in [1.165, 1.54) is 0 Å². The topological polar surface area (TPSA) is 55.8 Å². The van der Waals surface area contributed by atoms with Crippen molar-refractivity contribution in [2.75, 3.05) is 18.6 Å². The second-order valence-electron chi connectivity index (χ2n) is 4.45. The maximum absolute atomic E-state index is 10.7. The molecule has 1 atom stereocenters. The first kappa shape index (κ1) is 14.1. The van der Waals surface area contributed by atoms with Crippen molar-refractivity contribution in [3.63, 3.8) is 0 Å². The van der Waals surface area contributed by atoms with Crippen molar-refractivity contribution < 1.29 is 19.4 Å². The van der Waals surface area contributed by atoms with Crippen LogP contribution in [0, 0.1) is 0 Å². The summed E-state index contributed by atoms with van der Waals surface area (Å²) in [7, 11) is 1.59. The van der Waals surface area contributed by atoms with E-state index in [0.717, 1.165) is 29.2 Å². The lowest BCUT2D eigenvalue weighted by Gasteiger charge is -2.17. The van der Waals surface area contributed by atoms with Crippen LogP contribution in [0.2, 0.25) is 0 Å². The summed E-state index contributed by atoms with van der Waals surface area (Å²) < 4.78 is 11.3. The molecule has 2 rings (SSSR count). The van der Waals surface area contributed by atoms with E-state index in [2.05, 4.69) is 0 Å². The third-order valence-corrected chi connectivity index (χ3v) is 4.19. The lowest BCUT2D eigenvalue weighted by Crippen LogP contribution is -2.15. The number of rotatable bonds is 6. The van der Waals surface area contributed by atoms with Crippen LogP contribution in [0.3, 0.4) is 0 Å². The summed E-state index contributed by atoms with van der Waals surface area (Å²) in [6.07, 6.45) is 1.83. The number of aryl methyl sites for hydroxylation is 1. The predicted octanol–water partition coefficient (Wildman–Crippen LogP) is 2.60. The predicted molar refractivity (Wildman–Crippen MR) is 75.3 cm³/mol. The number of carboxylic acid groups (broad SMARTS) is 1. The van der Waals surface area contributed by atoms with Gasteiger partial charge in [0.25, 0.3) is 0 Å². The molecule has 0 spiro atoms. The van der Waals surface area contributed by atoms with Gasteiger partial charge in [-0.2, -0.15) is 11.8 Å². The minimum Gasteiger partial charge on any atom is -0.493 e. The van der Waals surface area contributed by atoms with Gasteiger partial charge in [0.2, 0.25) is 0 Å². The van der Waals surface area contributed by atoms with Gasteiger partial charge in [-0.15, -0.1) is 0 Å². The Morgan fingerprint density at radius 3 is 3.00 bits per heavy atom. The van der Waals surface area contributed by atoms with Gasteiger partial charge in [-0.05, 0) is 30.2 Å². The van der Waals surface area contributed by atoms with Crippen LogP contribution in [-0.4, -0.2) is 35.8 Å². The zero-order valence-corrected chi connectivity index (χ0v) is 11.7. The number of carbonyl (C=O) groups is 1. The average Bonchev–Trinajstić information content (AvgIpc) is 2.89. The summed E-state index contributed by atoms with van der Waals surface area (Å²) in [6.45, 7) is 0. The molecule has 1 aromatic rings. The van der Waals surface area contributed by atoms with Crippen LogP contribution in [0.1, 0.15) is 18.4 Å². The van der Waals surface area contributed by atoms with Gasteiger partial charge in [0, 0.05) is 12.2 Å². The van der Waals surface area contributed by atoms with E-state index in [-0.39, 0.29) is 12.5 Å². The molecule has 0 radical (unpaired) electrons. The molecule has 0 amide bonds. The van der Waals surface area contributed by atoms with E-state index in [1.54, 1.807) is 7.11 Å². The molecule has 1 unspecified atom stereocenters. The molecule has 1 aliphatic rings. The van der Waals surface area contributed by atoms with E-state index in [4.69, 9.17) is 14.6 Å². The van der Waals surface area contributed by atoms with Gasteiger partial charge in [0.05, 0.1) is 7.11 Å². The van der Waals surface area contributed by atoms with Crippen molar-refractivity contribution in [1.29, 1.82) is 0 Å². The highest BCUT2D eigenvalue weighted by Crippen LogP contribution is 2.34. The summed E-state index contributed by atoms with van der Waals surface area (Å²) in [6, 6.07) is 5.65. The first-order chi connectivity index (χ1) is 9.20. The minimum atomic E-state index is -0.805. The van der Waals surface area contributed by atoms with Crippen molar-refractivity contribution in [2.45, 2.75) is 25.4 Å². The van der Waals surface area contributed by atoms with Crippen LogP contribution in [0.5, 0.6) is 11.5 Å². The number of thioether (sulfide) groups is 1. The normalized spacial score (nSPS) is 18.3. The Labute approximate surface area is 117 Å². The van der Waals surface area contributed by atoms with Crippen molar-refractivity contribution in [3.8, 4) is 11.5 Å². The van der Waals surface area contributed by atoms with E-state index >= 15 is 0 Å². The molecule has 5 heteroatoms. The fourth-order valence-electron chi connectivity index (χ4n) is 2.11. The van der Waals surface area contributed by atoms with E-state index in [9.17, 15) is 4.79 Å². The summed E-state index contributed by atoms with van der Waals surface area (Å²) in [4.78, 5) is 10.7. The fraction of sp³-hybridized carbons (Fsp3) is 0.500. The molecule has 0 saturated carbocycles. The molecule has 1 heterocycles. The molecular formula is C14H18O4S. The largest absolute Gasteiger partial charge is 0.493 e. The van der Waals surface area contributed by atoms with Gasteiger partial charge in [-0.1, -0.05) is 12.1 Å². The summed E-state index contributed by atoms with van der Waals surface area (Å²) in [5.74, 6) is 2.72. The fourth-order valence-corrected chi connectivity index (χ4v) is 3.20. The molecule has 19 heavy (non-hydrogen) atoms. The highest BCUT2D eigenvalue weighted by molar-refractivity contribution is 7.99. The number of carboxylic acids is 1. The van der Waals surface area contributed by atoms with Gasteiger partial charge in [-0.25, -0.2) is 0 Å². The standard InChI is InChI=1S/C14H18O4S/c1-17-14-10(5-6-13(15)16)3-2-4-12(14)18-11-7-8-19-9-11/h2-4,11H,5-9H2,1H3,(H,15,16). The highest BCUT2D eigenvalue weighted by Gasteiger charge is 2.20. The monoisotopic (exact) mass is 282 g/mol. The summed E-state index contributed by atoms with van der Waals surface area (Å²) in [5, 5.41) is 8.76. The Bertz CT molecular complexity index is 441. The molecule has 4 nitrogen and oxygen atoms in total. The maximum atomic E-state index is 10.7. The Morgan fingerprint density at radius 2 is 2.37 bits per heavy atom. The van der Waals surface area contributed by atoms with E-state index in [1.807, 2.05) is 30.0 Å². The number of hydrogen-bond acceptors (Lipinski definition) is 4. The first-order valence-corrected chi connectivity index (χ1v) is 7.48. The number of methoxy groups -OCH3 is 1. The lowest BCUT2D eigenvalue weighted by molar-refractivity contribution is -0.136. The van der Waals surface area contributed by atoms with Gasteiger partial charge >= 0.3 is 5.97 Å². The Balaban J connectivity index is 2.12. The number of ether oxygens (including phenoxy) is 2. The highest BCUT2D eigenvalue weighted by atomic mass is 32.2. The Hall–Kier alpha value is -1.36. The molecule has 1 fully saturated rings. The Morgan fingerprint density at radius 1 is 1.53 bits per heavy atom. The molecular weight excluding hydrogens is 264 g/mol. The second-order valence-corrected chi connectivity index (χ2v) is 5.60. The number of benzene rings is 1. The molecule has 104 valence electrons. The minimum absolute atomic E-state index is 0.0963. The van der Waals surface area contributed by atoms with Crippen LogP contribution >= 0.6 is 11.8 Å². The second kappa shape index (κ2) is 6.70. The lowest BCUT2D eigenvalue weighted by atomic mass is 10.1. The quantitative estimate of drug-likeness (QED) is 0.869. The molecule has 0 bridgehead atoms. The number of hydrogen-bond donors (Lipinski definition) is 1. The van der Waals surface area contributed by atoms with Gasteiger partial charge in [-0.3, -0.25) is 4.79 Å². The van der Waals surface area contributed by atoms with E-state index in [0.29, 0.717) is 12.2 Å². The van der Waals surface area contributed by atoms with Crippen molar-refractivity contribution in [3.05, 3.63) is 23.8 Å². The third kappa shape index (κ3) is 3.80. The SMILES string of the molecule is COc1c(CCC(=O)O)cccc1OC1CCSC1. The van der Waals surface area contributed by atoms with E-state index < -0.39 is 5.97 Å². The molecule has 0 aliphatic carbocycles. The van der Waals surface area contributed by atoms with Gasteiger partial charge < -0.3 is 14.6 Å². The smallest absolute Gasteiger partial charge is 0.303 e. The average molecular weight is 282 g/mol. The van der Waals surface area contributed by atoms with Gasteiger partial charge in [0.15, 0.2) is 11.5 Å². The number of aliphatic carboxylic acids is 1. The van der Waals surface area contributed by atoms with Crippen LogP contribution < -0.4 is 9.47 Å². The van der Waals surface area contributed by atoms with Crippen LogP contribution in [0.25, 0.3) is 0 Å². The van der Waals surface area contributed by atoms with Crippen LogP contribution in [0.4, 0.5) is 0 Å². The zero-order chi connectivity index (χ0) is 13.7. The summed E-state index contributed by atoms with van der Waals surface area (Å²) in [5.41, 5.74) is 0.882. The van der Waals surface area contributed by atoms with Crippen LogP contribution in [0.15, 0.2) is 18.2 Å². The van der Waals surface area contributed by atoms with Crippen molar-refractivity contribution in [1.82, 2.24) is 0 Å². The molecule has 0 aromatic heterocycles. The van der Waals surface area contributed by atoms with Crippen LogP contribution in [-0.2, 0) is 11.2 Å². The first-order valence-electron chi connectivity index (χ1n) is 6.32. The molecule has 1 N–H and O–H groups in total. The summed E-state index contributed by atoms with van der Waals surface area (Å²) >= 11 is 1.89. The Kier molecular flexibility index (Phi) is 4.96. The molecule has 1 aliphatic heterocycles. The third-order valence-electron chi connectivity index (χ3n) is 3.05. The maximum Gasteiger partial charge on any atom is 0.303 e.